The van der Waals surface area contributed by atoms with Gasteiger partial charge in [-0.15, -0.1) is 0 Å². The number of aromatic amines is 1. The summed E-state index contributed by atoms with van der Waals surface area (Å²) < 4.78 is 5.08. The number of amides is 2. The van der Waals surface area contributed by atoms with Gasteiger partial charge in [0.2, 0.25) is 5.91 Å². The number of nitrogens with one attached hydrogen (secondary N) is 3. The van der Waals surface area contributed by atoms with Crippen LogP contribution in [0.25, 0.3) is 0 Å². The lowest BCUT2D eigenvalue weighted by Gasteiger charge is -2.19. The van der Waals surface area contributed by atoms with Gasteiger partial charge >= 0.3 is 6.09 Å². The van der Waals surface area contributed by atoms with Crippen LogP contribution in [0.2, 0.25) is 0 Å². The van der Waals surface area contributed by atoms with E-state index in [0.29, 0.717) is 5.69 Å². The SMILES string of the molecule is C=CC(=O)NCc1nc(CNC(=O)OC(C)(C)C)cc(=O)[nH]1. The second-order valence-corrected chi connectivity index (χ2v) is 5.46. The molecular formula is C14H20N4O4. The maximum atomic E-state index is 11.5. The summed E-state index contributed by atoms with van der Waals surface area (Å²) in [5.74, 6) is -0.0939. The van der Waals surface area contributed by atoms with Crippen molar-refractivity contribution in [3.8, 4) is 0 Å². The summed E-state index contributed by atoms with van der Waals surface area (Å²) in [6, 6.07) is 1.26. The van der Waals surface area contributed by atoms with Crippen LogP contribution in [0.1, 0.15) is 32.3 Å². The van der Waals surface area contributed by atoms with E-state index >= 15 is 0 Å². The Bertz CT molecular complexity index is 616. The van der Waals surface area contributed by atoms with Crippen LogP contribution in [0.5, 0.6) is 0 Å². The summed E-state index contributed by atoms with van der Waals surface area (Å²) in [7, 11) is 0. The van der Waals surface area contributed by atoms with Gasteiger partial charge in [0.25, 0.3) is 5.56 Å². The molecule has 1 aromatic heterocycles. The van der Waals surface area contributed by atoms with Crippen LogP contribution in [-0.4, -0.2) is 27.6 Å². The first-order valence-corrected chi connectivity index (χ1v) is 6.66. The molecule has 0 aliphatic carbocycles. The number of hydrogen-bond donors (Lipinski definition) is 3. The van der Waals surface area contributed by atoms with Gasteiger partial charge < -0.3 is 20.4 Å². The van der Waals surface area contributed by atoms with Gasteiger partial charge in [-0.05, 0) is 26.8 Å². The van der Waals surface area contributed by atoms with Gasteiger partial charge in [0.1, 0.15) is 11.4 Å². The van der Waals surface area contributed by atoms with E-state index in [2.05, 4.69) is 27.2 Å². The van der Waals surface area contributed by atoms with Crippen molar-refractivity contribution < 1.29 is 14.3 Å². The Labute approximate surface area is 128 Å². The topological polar surface area (TPSA) is 113 Å². The summed E-state index contributed by atoms with van der Waals surface area (Å²) in [5, 5.41) is 5.00. The second-order valence-electron chi connectivity index (χ2n) is 5.46. The highest BCUT2D eigenvalue weighted by Gasteiger charge is 2.16. The lowest BCUT2D eigenvalue weighted by atomic mass is 10.2. The largest absolute Gasteiger partial charge is 0.444 e. The van der Waals surface area contributed by atoms with Crippen LogP contribution < -0.4 is 16.2 Å². The highest BCUT2D eigenvalue weighted by Crippen LogP contribution is 2.06. The molecular weight excluding hydrogens is 288 g/mol. The van der Waals surface area contributed by atoms with Crippen molar-refractivity contribution in [3.63, 3.8) is 0 Å². The Balaban J connectivity index is 2.66. The molecule has 1 heterocycles. The van der Waals surface area contributed by atoms with Crippen molar-refractivity contribution in [2.45, 2.75) is 39.5 Å². The molecule has 1 rings (SSSR count). The highest BCUT2D eigenvalue weighted by molar-refractivity contribution is 5.86. The van der Waals surface area contributed by atoms with Crippen molar-refractivity contribution in [1.82, 2.24) is 20.6 Å². The minimum atomic E-state index is -0.605. The Morgan fingerprint density at radius 3 is 2.64 bits per heavy atom. The molecule has 0 saturated heterocycles. The molecule has 0 fully saturated rings. The molecule has 0 radical (unpaired) electrons. The molecule has 3 N–H and O–H groups in total. The normalized spacial score (nSPS) is 10.7. The van der Waals surface area contributed by atoms with Gasteiger partial charge in [-0.3, -0.25) is 9.59 Å². The van der Waals surface area contributed by atoms with E-state index in [1.807, 2.05) is 0 Å². The minimum Gasteiger partial charge on any atom is -0.444 e. The molecule has 1 aromatic rings. The van der Waals surface area contributed by atoms with Crippen LogP contribution in [0.15, 0.2) is 23.5 Å². The lowest BCUT2D eigenvalue weighted by molar-refractivity contribution is -0.116. The molecule has 0 unspecified atom stereocenters. The molecule has 0 bridgehead atoms. The predicted molar refractivity (Wildman–Crippen MR) is 80.0 cm³/mol. The van der Waals surface area contributed by atoms with Gasteiger partial charge in [-0.2, -0.15) is 0 Å². The standard InChI is InChI=1S/C14H20N4O4/c1-5-11(19)15-8-10-17-9(6-12(20)18-10)7-16-13(21)22-14(2,3)4/h5-6H,1,7-8H2,2-4H3,(H,15,19)(H,16,21)(H,17,18,20). The Kier molecular flexibility index (Phi) is 5.85. The van der Waals surface area contributed by atoms with Crippen molar-refractivity contribution in [2.24, 2.45) is 0 Å². The Hall–Kier alpha value is -2.64. The molecule has 2 amide bonds. The number of carbonyl (C=O) groups excluding carboxylic acids is 2. The van der Waals surface area contributed by atoms with Crippen LogP contribution in [0, 0.1) is 0 Å². The maximum Gasteiger partial charge on any atom is 0.407 e. The highest BCUT2D eigenvalue weighted by atomic mass is 16.6. The molecule has 0 aromatic carbocycles. The molecule has 0 aliphatic heterocycles. The fourth-order valence-corrected chi connectivity index (χ4v) is 1.46. The first-order chi connectivity index (χ1) is 10.2. The summed E-state index contributed by atoms with van der Waals surface area (Å²) >= 11 is 0. The molecule has 0 aliphatic rings. The molecule has 0 spiro atoms. The molecule has 120 valence electrons. The van der Waals surface area contributed by atoms with Gasteiger partial charge in [-0.25, -0.2) is 9.78 Å². The average molecular weight is 308 g/mol. The minimum absolute atomic E-state index is 0.0429. The summed E-state index contributed by atoms with van der Waals surface area (Å²) in [4.78, 5) is 40.8. The van der Waals surface area contributed by atoms with Crippen molar-refractivity contribution in [3.05, 3.63) is 40.6 Å². The molecule has 0 atom stereocenters. The average Bonchev–Trinajstić information content (AvgIpc) is 2.40. The van der Waals surface area contributed by atoms with E-state index in [0.717, 1.165) is 6.08 Å². The third kappa shape index (κ3) is 6.69. The van der Waals surface area contributed by atoms with Gasteiger partial charge in [-0.1, -0.05) is 6.58 Å². The van der Waals surface area contributed by atoms with E-state index in [9.17, 15) is 14.4 Å². The van der Waals surface area contributed by atoms with Crippen LogP contribution in [-0.2, 0) is 22.6 Å². The fraction of sp³-hybridized carbons (Fsp3) is 0.429. The third-order valence-electron chi connectivity index (χ3n) is 2.27. The number of carbonyl (C=O) groups is 2. The quantitative estimate of drug-likeness (QED) is 0.689. The smallest absolute Gasteiger partial charge is 0.407 e. The van der Waals surface area contributed by atoms with E-state index in [1.54, 1.807) is 20.8 Å². The predicted octanol–water partition coefficient (Wildman–Crippen LogP) is 0.597. The van der Waals surface area contributed by atoms with Crippen molar-refractivity contribution >= 4 is 12.0 Å². The van der Waals surface area contributed by atoms with Gasteiger partial charge in [0.05, 0.1) is 18.8 Å². The fourth-order valence-electron chi connectivity index (χ4n) is 1.46. The number of alkyl carbamates (subject to hydrolysis) is 1. The lowest BCUT2D eigenvalue weighted by Crippen LogP contribution is -2.33. The summed E-state index contributed by atoms with van der Waals surface area (Å²) in [6.45, 7) is 8.66. The van der Waals surface area contributed by atoms with E-state index in [4.69, 9.17) is 4.74 Å². The summed E-state index contributed by atoms with van der Waals surface area (Å²) in [6.07, 6.45) is 0.516. The molecule has 22 heavy (non-hydrogen) atoms. The molecule has 8 nitrogen and oxygen atoms in total. The van der Waals surface area contributed by atoms with E-state index in [1.165, 1.54) is 6.07 Å². The molecule has 0 saturated carbocycles. The number of rotatable bonds is 5. The Morgan fingerprint density at radius 2 is 2.05 bits per heavy atom. The number of H-pyrrole nitrogens is 1. The first kappa shape index (κ1) is 17.4. The van der Waals surface area contributed by atoms with Gasteiger partial charge in [0, 0.05) is 6.07 Å². The Morgan fingerprint density at radius 1 is 1.36 bits per heavy atom. The second kappa shape index (κ2) is 7.39. The number of aromatic nitrogens is 2. The summed E-state index contributed by atoms with van der Waals surface area (Å²) in [5.41, 5.74) is -0.623. The zero-order chi connectivity index (χ0) is 16.8. The third-order valence-corrected chi connectivity index (χ3v) is 2.27. The number of ether oxygens (including phenoxy) is 1. The monoisotopic (exact) mass is 308 g/mol. The van der Waals surface area contributed by atoms with Gasteiger partial charge in [0.15, 0.2) is 0 Å². The van der Waals surface area contributed by atoms with E-state index in [-0.39, 0.29) is 30.4 Å². The van der Waals surface area contributed by atoms with Crippen molar-refractivity contribution in [2.75, 3.05) is 0 Å². The van der Waals surface area contributed by atoms with E-state index < -0.39 is 11.7 Å². The number of hydrogen-bond acceptors (Lipinski definition) is 5. The zero-order valence-corrected chi connectivity index (χ0v) is 12.9. The molecule has 8 heteroatoms. The maximum absolute atomic E-state index is 11.5. The van der Waals surface area contributed by atoms with Crippen molar-refractivity contribution in [1.29, 1.82) is 0 Å². The van der Waals surface area contributed by atoms with Crippen LogP contribution in [0.3, 0.4) is 0 Å². The van der Waals surface area contributed by atoms with Crippen LogP contribution >= 0.6 is 0 Å². The number of nitrogens with zero attached hydrogens (tertiary/aromatic N) is 1. The van der Waals surface area contributed by atoms with Crippen LogP contribution in [0.4, 0.5) is 4.79 Å². The zero-order valence-electron chi connectivity index (χ0n) is 12.9. The first-order valence-electron chi connectivity index (χ1n) is 6.66.